The summed E-state index contributed by atoms with van der Waals surface area (Å²) in [5, 5.41) is 3.80. The highest BCUT2D eigenvalue weighted by Crippen LogP contribution is 2.29. The van der Waals surface area contributed by atoms with E-state index in [9.17, 15) is 4.79 Å². The molecule has 1 N–H and O–H groups in total. The van der Waals surface area contributed by atoms with Gasteiger partial charge in [-0.2, -0.15) is 0 Å². The number of hydrogen-bond donors (Lipinski definition) is 1. The first-order chi connectivity index (χ1) is 13.6. The van der Waals surface area contributed by atoms with Crippen LogP contribution in [0.15, 0.2) is 47.0 Å². The Bertz CT molecular complexity index is 1050. The molecule has 142 valence electrons. The molecule has 0 spiro atoms. The van der Waals surface area contributed by atoms with Crippen LogP contribution in [-0.4, -0.2) is 17.5 Å². The van der Waals surface area contributed by atoms with E-state index in [-0.39, 0.29) is 11.9 Å². The van der Waals surface area contributed by atoms with Gasteiger partial charge >= 0.3 is 0 Å². The molecule has 5 nitrogen and oxygen atoms in total. The first kappa shape index (κ1) is 18.1. The molecule has 1 aromatic carbocycles. The van der Waals surface area contributed by atoms with Gasteiger partial charge in [-0.05, 0) is 68.0 Å². The molecule has 5 heteroatoms. The second kappa shape index (κ2) is 7.77. The van der Waals surface area contributed by atoms with E-state index in [2.05, 4.69) is 22.1 Å². The molecule has 1 aliphatic carbocycles. The van der Waals surface area contributed by atoms with Crippen LogP contribution in [0, 0.1) is 17.8 Å². The van der Waals surface area contributed by atoms with E-state index in [4.69, 9.17) is 9.15 Å². The van der Waals surface area contributed by atoms with Gasteiger partial charge in [0.05, 0.1) is 18.8 Å². The van der Waals surface area contributed by atoms with E-state index < -0.39 is 0 Å². The zero-order chi connectivity index (χ0) is 19.5. The summed E-state index contributed by atoms with van der Waals surface area (Å²) in [4.78, 5) is 15.6. The summed E-state index contributed by atoms with van der Waals surface area (Å²) >= 11 is 0. The summed E-state index contributed by atoms with van der Waals surface area (Å²) in [6.45, 7) is 4.16. The molecular weight excluding hydrogens is 352 g/mol. The van der Waals surface area contributed by atoms with Gasteiger partial charge < -0.3 is 14.5 Å². The Morgan fingerprint density at radius 2 is 2.14 bits per heavy atom. The van der Waals surface area contributed by atoms with E-state index in [0.717, 1.165) is 40.6 Å². The summed E-state index contributed by atoms with van der Waals surface area (Å²) in [5.41, 5.74) is 2.28. The number of aromatic nitrogens is 1. The topological polar surface area (TPSA) is 64.4 Å². The van der Waals surface area contributed by atoms with Gasteiger partial charge in [-0.1, -0.05) is 5.92 Å². The minimum Gasteiger partial charge on any atom is -0.492 e. The Hall–Kier alpha value is -3.26. The van der Waals surface area contributed by atoms with E-state index in [0.29, 0.717) is 5.69 Å². The Morgan fingerprint density at radius 1 is 1.29 bits per heavy atom. The molecule has 28 heavy (non-hydrogen) atoms. The molecule has 0 bridgehead atoms. The number of rotatable bonds is 5. The molecule has 2 heterocycles. The number of carbonyl (C=O) groups is 1. The SMILES string of the molecule is CC(=O)NC(C)c1cc2ccc(C#Cc3ccc(OCC4CC4)cn3)cc2o1. The Labute approximate surface area is 164 Å². The highest BCUT2D eigenvalue weighted by atomic mass is 16.5. The van der Waals surface area contributed by atoms with E-state index in [1.54, 1.807) is 6.20 Å². The van der Waals surface area contributed by atoms with E-state index in [1.165, 1.54) is 19.8 Å². The zero-order valence-corrected chi connectivity index (χ0v) is 16.0. The van der Waals surface area contributed by atoms with Crippen molar-refractivity contribution in [2.24, 2.45) is 5.92 Å². The number of nitrogens with one attached hydrogen (secondary N) is 1. The minimum atomic E-state index is -0.177. The van der Waals surface area contributed by atoms with Crippen molar-refractivity contribution in [1.29, 1.82) is 0 Å². The minimum absolute atomic E-state index is 0.0871. The van der Waals surface area contributed by atoms with Gasteiger partial charge in [0.1, 0.15) is 22.8 Å². The van der Waals surface area contributed by atoms with Gasteiger partial charge in [-0.3, -0.25) is 4.79 Å². The Balaban J connectivity index is 1.46. The lowest BCUT2D eigenvalue weighted by Gasteiger charge is -2.08. The molecular formula is C23H22N2O3. The average Bonchev–Trinajstić information content (AvgIpc) is 3.41. The van der Waals surface area contributed by atoms with Crippen LogP contribution in [0.1, 0.15) is 49.7 Å². The second-order valence-electron chi connectivity index (χ2n) is 7.21. The fourth-order valence-corrected chi connectivity index (χ4v) is 2.89. The number of amides is 1. The van der Waals surface area contributed by atoms with Gasteiger partial charge in [0.15, 0.2) is 0 Å². The fourth-order valence-electron chi connectivity index (χ4n) is 2.89. The van der Waals surface area contributed by atoms with Crippen LogP contribution in [0.4, 0.5) is 0 Å². The third-order valence-electron chi connectivity index (χ3n) is 4.64. The van der Waals surface area contributed by atoms with Gasteiger partial charge in [0.2, 0.25) is 5.91 Å². The first-order valence-corrected chi connectivity index (χ1v) is 9.48. The van der Waals surface area contributed by atoms with Crippen molar-refractivity contribution in [2.45, 2.75) is 32.7 Å². The van der Waals surface area contributed by atoms with Crippen LogP contribution >= 0.6 is 0 Å². The van der Waals surface area contributed by atoms with Crippen molar-refractivity contribution in [3.8, 4) is 17.6 Å². The monoisotopic (exact) mass is 374 g/mol. The highest BCUT2D eigenvalue weighted by Gasteiger charge is 2.21. The van der Waals surface area contributed by atoms with Crippen LogP contribution < -0.4 is 10.1 Å². The second-order valence-corrected chi connectivity index (χ2v) is 7.21. The summed E-state index contributed by atoms with van der Waals surface area (Å²) in [6, 6.07) is 11.4. The molecule has 2 aromatic heterocycles. The number of benzene rings is 1. The van der Waals surface area contributed by atoms with Crippen LogP contribution in [0.2, 0.25) is 0 Å². The van der Waals surface area contributed by atoms with Gasteiger partial charge in [0.25, 0.3) is 0 Å². The van der Waals surface area contributed by atoms with Crippen molar-refractivity contribution in [3.63, 3.8) is 0 Å². The van der Waals surface area contributed by atoms with Crippen molar-refractivity contribution >= 4 is 16.9 Å². The van der Waals surface area contributed by atoms with Crippen LogP contribution in [0.25, 0.3) is 11.0 Å². The summed E-state index contributed by atoms with van der Waals surface area (Å²) in [5.74, 6) is 8.33. The van der Waals surface area contributed by atoms with Gasteiger partial charge in [-0.15, -0.1) is 0 Å². The molecule has 1 fully saturated rings. The first-order valence-electron chi connectivity index (χ1n) is 9.48. The third kappa shape index (κ3) is 4.52. The van der Waals surface area contributed by atoms with E-state index in [1.807, 2.05) is 43.3 Å². The maximum atomic E-state index is 11.2. The maximum Gasteiger partial charge on any atom is 0.217 e. The lowest BCUT2D eigenvalue weighted by Crippen LogP contribution is -2.23. The lowest BCUT2D eigenvalue weighted by molar-refractivity contribution is -0.119. The predicted octanol–water partition coefficient (Wildman–Crippen LogP) is 4.21. The standard InChI is InChI=1S/C23H22N2O3/c1-15(25-16(2)26)22-12-19-7-5-17(11-23(19)28-22)6-8-20-9-10-21(13-24-20)27-14-18-3-4-18/h5,7,9-13,15,18H,3-4,14H2,1-2H3,(H,25,26). The highest BCUT2D eigenvalue weighted by molar-refractivity contribution is 5.80. The Kier molecular flexibility index (Phi) is 5.03. The smallest absolute Gasteiger partial charge is 0.217 e. The molecule has 1 unspecified atom stereocenters. The average molecular weight is 374 g/mol. The maximum absolute atomic E-state index is 11.2. The van der Waals surface area contributed by atoms with Gasteiger partial charge in [-0.25, -0.2) is 4.98 Å². The predicted molar refractivity (Wildman–Crippen MR) is 107 cm³/mol. The molecule has 4 rings (SSSR count). The van der Waals surface area contributed by atoms with Crippen LogP contribution in [0.5, 0.6) is 5.75 Å². The molecule has 1 amide bonds. The lowest BCUT2D eigenvalue weighted by atomic mass is 10.1. The Morgan fingerprint density at radius 3 is 2.86 bits per heavy atom. The largest absolute Gasteiger partial charge is 0.492 e. The molecule has 3 aromatic rings. The number of fused-ring (bicyclic) bond motifs is 1. The van der Waals surface area contributed by atoms with Crippen molar-refractivity contribution < 1.29 is 13.9 Å². The molecule has 0 saturated heterocycles. The normalized spacial score (nSPS) is 14.2. The summed E-state index contributed by atoms with van der Waals surface area (Å²) in [6.07, 6.45) is 4.26. The van der Waals surface area contributed by atoms with Crippen molar-refractivity contribution in [2.75, 3.05) is 6.61 Å². The molecule has 1 aliphatic rings. The molecule has 0 aliphatic heterocycles. The third-order valence-corrected chi connectivity index (χ3v) is 4.64. The number of pyridine rings is 1. The number of nitrogens with zero attached hydrogens (tertiary/aromatic N) is 1. The fraction of sp³-hybridized carbons (Fsp3) is 0.304. The quantitative estimate of drug-likeness (QED) is 0.680. The summed E-state index contributed by atoms with van der Waals surface area (Å²) < 4.78 is 11.6. The number of ether oxygens (including phenoxy) is 1. The molecule has 0 radical (unpaired) electrons. The molecule has 1 saturated carbocycles. The van der Waals surface area contributed by atoms with Crippen molar-refractivity contribution in [1.82, 2.24) is 10.3 Å². The van der Waals surface area contributed by atoms with Crippen LogP contribution in [-0.2, 0) is 4.79 Å². The zero-order valence-electron chi connectivity index (χ0n) is 16.0. The molecule has 1 atom stereocenters. The van der Waals surface area contributed by atoms with Crippen molar-refractivity contribution in [3.05, 3.63) is 59.6 Å². The number of carbonyl (C=O) groups excluding carboxylic acids is 1. The number of furan rings is 1. The summed E-state index contributed by atoms with van der Waals surface area (Å²) in [7, 11) is 0. The van der Waals surface area contributed by atoms with Crippen LogP contribution in [0.3, 0.4) is 0 Å². The van der Waals surface area contributed by atoms with Gasteiger partial charge in [0, 0.05) is 17.9 Å². The number of hydrogen-bond acceptors (Lipinski definition) is 4. The van der Waals surface area contributed by atoms with E-state index >= 15 is 0 Å².